The van der Waals surface area contributed by atoms with Gasteiger partial charge in [-0.2, -0.15) is 0 Å². The summed E-state index contributed by atoms with van der Waals surface area (Å²) in [6, 6.07) is 7.74. The van der Waals surface area contributed by atoms with Crippen LogP contribution in [0.4, 0.5) is 11.5 Å². The second kappa shape index (κ2) is 7.93. The molecule has 0 radical (unpaired) electrons. The Hall–Kier alpha value is -3.56. The van der Waals surface area contributed by atoms with Gasteiger partial charge in [-0.25, -0.2) is 4.79 Å². The third kappa shape index (κ3) is 3.47. The number of amides is 2. The third-order valence-corrected chi connectivity index (χ3v) is 6.04. The van der Waals surface area contributed by atoms with Crippen LogP contribution in [-0.4, -0.2) is 59.1 Å². The number of anilines is 2. The molecule has 1 N–H and O–H groups in total. The number of hydrogen-bond donors (Lipinski definition) is 1. The molecule has 1 atom stereocenters. The molecule has 0 spiro atoms. The molecule has 1 fully saturated rings. The first-order chi connectivity index (χ1) is 14.8. The monoisotopic (exact) mass is 427 g/mol. The minimum atomic E-state index is -0.903. The van der Waals surface area contributed by atoms with Gasteiger partial charge in [0, 0.05) is 46.7 Å². The van der Waals surface area contributed by atoms with Crippen molar-refractivity contribution >= 4 is 23.3 Å². The van der Waals surface area contributed by atoms with Crippen molar-refractivity contribution in [3.63, 3.8) is 0 Å². The highest BCUT2D eigenvalue weighted by Crippen LogP contribution is 2.32. The van der Waals surface area contributed by atoms with Crippen LogP contribution in [0.5, 0.6) is 5.75 Å². The predicted molar refractivity (Wildman–Crippen MR) is 115 cm³/mol. The lowest BCUT2D eigenvalue weighted by Crippen LogP contribution is -2.49. The number of carbonyl (C=O) groups excluding carboxylic acids is 2. The average Bonchev–Trinajstić information content (AvgIpc) is 3.12. The number of fused-ring (bicyclic) bond motifs is 1. The van der Waals surface area contributed by atoms with E-state index < -0.39 is 23.1 Å². The van der Waals surface area contributed by atoms with Gasteiger partial charge < -0.3 is 19.9 Å². The molecule has 10 heteroatoms. The van der Waals surface area contributed by atoms with Crippen LogP contribution in [0.2, 0.25) is 0 Å². The van der Waals surface area contributed by atoms with Crippen molar-refractivity contribution in [1.82, 2.24) is 14.0 Å². The number of piperazine rings is 1. The van der Waals surface area contributed by atoms with E-state index >= 15 is 0 Å². The van der Waals surface area contributed by atoms with Crippen LogP contribution in [0.1, 0.15) is 17.9 Å². The Bertz CT molecular complexity index is 1160. The summed E-state index contributed by atoms with van der Waals surface area (Å²) in [7, 11) is 4.48. The lowest BCUT2D eigenvalue weighted by atomic mass is 9.98. The zero-order valence-corrected chi connectivity index (χ0v) is 17.8. The van der Waals surface area contributed by atoms with E-state index in [0.29, 0.717) is 26.2 Å². The minimum Gasteiger partial charge on any atom is -0.495 e. The Morgan fingerprint density at radius 3 is 2.42 bits per heavy atom. The highest BCUT2D eigenvalue weighted by Gasteiger charge is 2.38. The summed E-state index contributed by atoms with van der Waals surface area (Å²) >= 11 is 0. The molecule has 1 saturated heterocycles. The minimum absolute atomic E-state index is 0.110. The Labute approximate surface area is 178 Å². The Morgan fingerprint density at radius 1 is 1.06 bits per heavy atom. The fraction of sp³-hybridized carbons (Fsp3) is 0.429. The Kier molecular flexibility index (Phi) is 5.30. The summed E-state index contributed by atoms with van der Waals surface area (Å²) in [5, 5.41) is 2.59. The zero-order valence-electron chi connectivity index (χ0n) is 17.8. The van der Waals surface area contributed by atoms with Crippen LogP contribution >= 0.6 is 0 Å². The summed E-state index contributed by atoms with van der Waals surface area (Å²) in [6.45, 7) is 2.28. The smallest absolute Gasteiger partial charge is 0.332 e. The maximum Gasteiger partial charge on any atom is 0.332 e. The van der Waals surface area contributed by atoms with Gasteiger partial charge in [0.05, 0.1) is 24.3 Å². The Morgan fingerprint density at radius 2 is 1.74 bits per heavy atom. The maximum absolute atomic E-state index is 12.9. The van der Waals surface area contributed by atoms with E-state index in [4.69, 9.17) is 4.74 Å². The molecule has 0 aliphatic carbocycles. The number of nitrogens with one attached hydrogen (secondary N) is 1. The predicted octanol–water partition coefficient (Wildman–Crippen LogP) is -0.133. The van der Waals surface area contributed by atoms with Crippen molar-refractivity contribution < 1.29 is 14.3 Å². The van der Waals surface area contributed by atoms with Crippen molar-refractivity contribution in [1.29, 1.82) is 0 Å². The molecule has 2 amide bonds. The summed E-state index contributed by atoms with van der Waals surface area (Å²) in [6.07, 6.45) is -0.110. The largest absolute Gasteiger partial charge is 0.495 e. The van der Waals surface area contributed by atoms with Gasteiger partial charge in [-0.15, -0.1) is 0 Å². The standard InChI is InChI=1S/C21H25N5O5/c1-23-18-17(20(29)24(2)21(23)30)13(19(28)22-18)12-16(27)26-10-8-25(9-11-26)14-6-4-5-7-15(14)31-3/h4-7,13H,8-12H2,1-3H3,(H,22,28). The highest BCUT2D eigenvalue weighted by atomic mass is 16.5. The lowest BCUT2D eigenvalue weighted by Gasteiger charge is -2.37. The molecule has 164 valence electrons. The molecule has 1 aromatic carbocycles. The zero-order chi connectivity index (χ0) is 22.3. The van der Waals surface area contributed by atoms with Gasteiger partial charge in [0.15, 0.2) is 0 Å². The molecule has 0 bridgehead atoms. The quantitative estimate of drug-likeness (QED) is 0.729. The van der Waals surface area contributed by atoms with Gasteiger partial charge in [-0.05, 0) is 12.1 Å². The van der Waals surface area contributed by atoms with Crippen molar-refractivity contribution in [2.75, 3.05) is 43.5 Å². The highest BCUT2D eigenvalue weighted by molar-refractivity contribution is 6.04. The number of ether oxygens (including phenoxy) is 1. The van der Waals surface area contributed by atoms with E-state index in [2.05, 4.69) is 10.2 Å². The van der Waals surface area contributed by atoms with Crippen molar-refractivity contribution in [3.8, 4) is 5.75 Å². The van der Waals surface area contributed by atoms with Gasteiger partial charge >= 0.3 is 5.69 Å². The van der Waals surface area contributed by atoms with Gasteiger partial charge in [-0.3, -0.25) is 23.5 Å². The fourth-order valence-electron chi connectivity index (χ4n) is 4.26. The molecular formula is C21H25N5O5. The molecule has 1 unspecified atom stereocenters. The molecule has 2 aromatic rings. The van der Waals surface area contributed by atoms with Crippen molar-refractivity contribution in [2.45, 2.75) is 12.3 Å². The molecule has 1 aromatic heterocycles. The number of benzene rings is 1. The first-order valence-electron chi connectivity index (χ1n) is 10.1. The SMILES string of the molecule is COc1ccccc1N1CCN(C(=O)CC2C(=O)Nc3c2c(=O)n(C)c(=O)n3C)CC1. The van der Waals surface area contributed by atoms with E-state index in [1.807, 2.05) is 24.3 Å². The molecule has 10 nitrogen and oxygen atoms in total. The topological polar surface area (TPSA) is 106 Å². The van der Waals surface area contributed by atoms with Crippen LogP contribution in [-0.2, 0) is 23.7 Å². The molecular weight excluding hydrogens is 402 g/mol. The molecule has 0 saturated carbocycles. The Balaban J connectivity index is 1.48. The number of rotatable bonds is 4. The first-order valence-corrected chi connectivity index (χ1v) is 10.1. The third-order valence-electron chi connectivity index (χ3n) is 6.04. The first kappa shape index (κ1) is 20.7. The van der Waals surface area contributed by atoms with Crippen LogP contribution in [0.25, 0.3) is 0 Å². The number of para-hydroxylation sites is 2. The number of nitrogens with zero attached hydrogens (tertiary/aromatic N) is 4. The van der Waals surface area contributed by atoms with E-state index in [1.54, 1.807) is 12.0 Å². The van der Waals surface area contributed by atoms with Gasteiger partial charge in [0.1, 0.15) is 11.6 Å². The summed E-state index contributed by atoms with van der Waals surface area (Å²) in [4.78, 5) is 54.1. The summed E-state index contributed by atoms with van der Waals surface area (Å²) < 4.78 is 7.61. The molecule has 4 rings (SSSR count). The van der Waals surface area contributed by atoms with E-state index in [9.17, 15) is 19.2 Å². The molecule has 2 aliphatic rings. The molecule has 2 aliphatic heterocycles. The summed E-state index contributed by atoms with van der Waals surface area (Å²) in [5.41, 5.74) is 0.0833. The number of carbonyl (C=O) groups is 2. The normalized spacial score (nSPS) is 18.0. The van der Waals surface area contributed by atoms with E-state index in [0.717, 1.165) is 16.0 Å². The van der Waals surface area contributed by atoms with Crippen molar-refractivity contribution in [2.24, 2.45) is 14.1 Å². The maximum atomic E-state index is 12.9. The lowest BCUT2D eigenvalue weighted by molar-refractivity contribution is -0.133. The van der Waals surface area contributed by atoms with Crippen LogP contribution in [0, 0.1) is 0 Å². The second-order valence-electron chi connectivity index (χ2n) is 7.75. The van der Waals surface area contributed by atoms with Crippen LogP contribution in [0.3, 0.4) is 0 Å². The van der Waals surface area contributed by atoms with Crippen molar-refractivity contribution in [3.05, 3.63) is 50.7 Å². The fourth-order valence-corrected chi connectivity index (χ4v) is 4.26. The number of hydrogen-bond acceptors (Lipinski definition) is 6. The van der Waals surface area contributed by atoms with Gasteiger partial charge in [0.2, 0.25) is 11.8 Å². The molecule has 31 heavy (non-hydrogen) atoms. The van der Waals surface area contributed by atoms with Crippen LogP contribution in [0.15, 0.2) is 33.9 Å². The number of methoxy groups -OCH3 is 1. The van der Waals surface area contributed by atoms with E-state index in [1.165, 1.54) is 18.7 Å². The van der Waals surface area contributed by atoms with Crippen LogP contribution < -0.4 is 26.2 Å². The second-order valence-corrected chi connectivity index (χ2v) is 7.75. The number of aromatic nitrogens is 2. The average molecular weight is 427 g/mol. The van der Waals surface area contributed by atoms with Gasteiger partial charge in [0.25, 0.3) is 5.56 Å². The van der Waals surface area contributed by atoms with Gasteiger partial charge in [-0.1, -0.05) is 12.1 Å². The van der Waals surface area contributed by atoms with E-state index in [-0.39, 0.29) is 23.7 Å². The summed E-state index contributed by atoms with van der Waals surface area (Å²) in [5.74, 6) is -0.571. The molecule has 3 heterocycles.